The molecule has 0 aliphatic rings. The summed E-state index contributed by atoms with van der Waals surface area (Å²) in [5.41, 5.74) is 3.29. The summed E-state index contributed by atoms with van der Waals surface area (Å²) < 4.78 is 16.5. The van der Waals surface area contributed by atoms with Crippen molar-refractivity contribution in [2.24, 2.45) is 0 Å². The molecule has 25 heavy (non-hydrogen) atoms. The van der Waals surface area contributed by atoms with E-state index in [1.165, 1.54) is 34.4 Å². The highest BCUT2D eigenvalue weighted by Crippen LogP contribution is 2.31. The highest BCUT2D eigenvalue weighted by Gasteiger charge is 2.12. The number of aromatic nitrogens is 2. The second kappa shape index (κ2) is 6.54. The molecule has 0 atom stereocenters. The van der Waals surface area contributed by atoms with Gasteiger partial charge in [-0.25, -0.2) is 9.37 Å². The van der Waals surface area contributed by atoms with Crippen LogP contribution in [0.5, 0.6) is 0 Å². The third kappa shape index (κ3) is 3.15. The van der Waals surface area contributed by atoms with Gasteiger partial charge in [0.1, 0.15) is 10.5 Å². The Hall–Kier alpha value is -2.31. The lowest BCUT2D eigenvalue weighted by molar-refractivity contribution is 0.622. The first-order valence-corrected chi connectivity index (χ1v) is 9.26. The topological polar surface area (TPSA) is 34.9 Å². The van der Waals surface area contributed by atoms with Gasteiger partial charge in [0, 0.05) is 15.4 Å². The molecule has 0 fully saturated rings. The van der Waals surface area contributed by atoms with Crippen molar-refractivity contribution in [1.29, 1.82) is 0 Å². The van der Waals surface area contributed by atoms with E-state index in [0.717, 1.165) is 21.2 Å². The van der Waals surface area contributed by atoms with E-state index in [9.17, 15) is 9.18 Å². The molecule has 0 radical (unpaired) electrons. The Balaban J connectivity index is 1.77. The van der Waals surface area contributed by atoms with E-state index in [4.69, 9.17) is 0 Å². The summed E-state index contributed by atoms with van der Waals surface area (Å²) >= 11 is 4.81. The quantitative estimate of drug-likeness (QED) is 0.468. The van der Waals surface area contributed by atoms with Crippen LogP contribution < -0.4 is 5.56 Å². The lowest BCUT2D eigenvalue weighted by atomic mass is 10.1. The molecule has 3 nitrogen and oxygen atoms in total. The molecule has 0 aliphatic carbocycles. The van der Waals surface area contributed by atoms with Crippen molar-refractivity contribution in [1.82, 2.24) is 9.55 Å². The number of rotatable bonds is 3. The fourth-order valence-corrected chi connectivity index (χ4v) is 3.96. The minimum Gasteiger partial charge on any atom is -0.294 e. The minimum absolute atomic E-state index is 0.109. The van der Waals surface area contributed by atoms with Crippen molar-refractivity contribution in [3.8, 4) is 11.1 Å². The predicted molar refractivity (Wildman–Crippen MR) is 103 cm³/mol. The average molecular weight is 415 g/mol. The standard InChI is InChI=1S/C19H12BrFN2OS/c20-14-6-4-13(5-7-14)16-10-25-18-17(16)22-11-23(19(18)24)9-12-2-1-3-15(21)8-12/h1-8,10-11H,9H2. The number of nitrogens with zero attached hydrogens (tertiary/aromatic N) is 2. The number of hydrogen-bond acceptors (Lipinski definition) is 3. The van der Waals surface area contributed by atoms with Crippen LogP contribution in [0.1, 0.15) is 5.56 Å². The first-order valence-electron chi connectivity index (χ1n) is 7.59. The van der Waals surface area contributed by atoms with Crippen molar-refractivity contribution in [2.45, 2.75) is 6.54 Å². The highest BCUT2D eigenvalue weighted by molar-refractivity contribution is 9.10. The first kappa shape index (κ1) is 16.2. The largest absolute Gasteiger partial charge is 0.294 e. The molecule has 0 unspecified atom stereocenters. The van der Waals surface area contributed by atoms with E-state index < -0.39 is 0 Å². The van der Waals surface area contributed by atoms with Gasteiger partial charge in [-0.05, 0) is 35.4 Å². The smallest absolute Gasteiger partial charge is 0.271 e. The van der Waals surface area contributed by atoms with Crippen LogP contribution in [0.25, 0.3) is 21.3 Å². The molecular weight excluding hydrogens is 403 g/mol. The minimum atomic E-state index is -0.312. The molecule has 2 heterocycles. The Kier molecular flexibility index (Phi) is 4.23. The molecule has 0 amide bonds. The second-order valence-electron chi connectivity index (χ2n) is 5.64. The van der Waals surface area contributed by atoms with Crippen molar-refractivity contribution in [3.63, 3.8) is 0 Å². The zero-order valence-corrected chi connectivity index (χ0v) is 15.3. The molecule has 2 aromatic carbocycles. The van der Waals surface area contributed by atoms with E-state index >= 15 is 0 Å². The number of halogens is 2. The summed E-state index contributed by atoms with van der Waals surface area (Å²) in [6.07, 6.45) is 1.53. The van der Waals surface area contributed by atoms with Gasteiger partial charge in [-0.3, -0.25) is 9.36 Å². The van der Waals surface area contributed by atoms with Gasteiger partial charge in [-0.15, -0.1) is 11.3 Å². The van der Waals surface area contributed by atoms with Crippen LogP contribution in [0.2, 0.25) is 0 Å². The summed E-state index contributed by atoms with van der Waals surface area (Å²) in [6, 6.07) is 14.2. The number of thiophene rings is 1. The summed E-state index contributed by atoms with van der Waals surface area (Å²) in [4.78, 5) is 17.2. The average Bonchev–Trinajstić information content (AvgIpc) is 3.03. The van der Waals surface area contributed by atoms with Crippen LogP contribution in [-0.2, 0) is 6.54 Å². The van der Waals surface area contributed by atoms with Gasteiger partial charge < -0.3 is 0 Å². The second-order valence-corrected chi connectivity index (χ2v) is 7.44. The van der Waals surface area contributed by atoms with Crippen LogP contribution >= 0.6 is 27.3 Å². The highest BCUT2D eigenvalue weighted by atomic mass is 79.9. The fraction of sp³-hybridized carbons (Fsp3) is 0.0526. The summed E-state index contributed by atoms with van der Waals surface area (Å²) in [5.74, 6) is -0.312. The van der Waals surface area contributed by atoms with Crippen molar-refractivity contribution in [2.75, 3.05) is 0 Å². The van der Waals surface area contributed by atoms with Gasteiger partial charge in [-0.2, -0.15) is 0 Å². The Labute approximate surface area is 155 Å². The van der Waals surface area contributed by atoms with E-state index in [1.54, 1.807) is 12.1 Å². The zero-order valence-electron chi connectivity index (χ0n) is 12.9. The lowest BCUT2D eigenvalue weighted by Gasteiger charge is -2.06. The molecular formula is C19H12BrFN2OS. The molecule has 0 spiro atoms. The molecule has 0 N–H and O–H groups in total. The van der Waals surface area contributed by atoms with Crippen LogP contribution in [0.15, 0.2) is 69.5 Å². The third-order valence-corrected chi connectivity index (χ3v) is 5.43. The first-order chi connectivity index (χ1) is 12.1. The van der Waals surface area contributed by atoms with E-state index in [-0.39, 0.29) is 11.4 Å². The Morgan fingerprint density at radius 2 is 1.96 bits per heavy atom. The molecule has 124 valence electrons. The lowest BCUT2D eigenvalue weighted by Crippen LogP contribution is -2.20. The Morgan fingerprint density at radius 3 is 2.72 bits per heavy atom. The maximum absolute atomic E-state index is 13.3. The molecule has 4 aromatic rings. The summed E-state index contributed by atoms with van der Waals surface area (Å²) in [6.45, 7) is 0.297. The molecule has 0 saturated heterocycles. The number of benzene rings is 2. The van der Waals surface area contributed by atoms with Crippen LogP contribution in [0, 0.1) is 5.82 Å². The molecule has 4 rings (SSSR count). The Morgan fingerprint density at radius 1 is 1.16 bits per heavy atom. The number of hydrogen-bond donors (Lipinski definition) is 0. The molecule has 0 saturated carbocycles. The van der Waals surface area contributed by atoms with Gasteiger partial charge in [0.05, 0.1) is 18.4 Å². The normalized spacial score (nSPS) is 11.1. The fourth-order valence-electron chi connectivity index (χ4n) is 2.72. The van der Waals surface area contributed by atoms with Gasteiger partial charge in [0.2, 0.25) is 0 Å². The molecule has 0 bridgehead atoms. The maximum atomic E-state index is 13.3. The molecule has 2 aromatic heterocycles. The van der Waals surface area contributed by atoms with E-state index in [2.05, 4.69) is 20.9 Å². The van der Waals surface area contributed by atoms with Crippen molar-refractivity contribution >= 4 is 37.5 Å². The van der Waals surface area contributed by atoms with E-state index in [1.807, 2.05) is 29.6 Å². The maximum Gasteiger partial charge on any atom is 0.271 e. The van der Waals surface area contributed by atoms with Gasteiger partial charge in [0.25, 0.3) is 5.56 Å². The summed E-state index contributed by atoms with van der Waals surface area (Å²) in [5, 5.41) is 1.95. The third-order valence-electron chi connectivity index (χ3n) is 3.94. The van der Waals surface area contributed by atoms with Crippen LogP contribution in [0.4, 0.5) is 4.39 Å². The number of fused-ring (bicyclic) bond motifs is 1. The zero-order chi connectivity index (χ0) is 17.4. The summed E-state index contributed by atoms with van der Waals surface area (Å²) in [7, 11) is 0. The van der Waals surface area contributed by atoms with Gasteiger partial charge in [-0.1, -0.05) is 40.2 Å². The monoisotopic (exact) mass is 414 g/mol. The molecule has 0 aliphatic heterocycles. The van der Waals surface area contributed by atoms with E-state index in [0.29, 0.717) is 16.8 Å². The van der Waals surface area contributed by atoms with Gasteiger partial charge >= 0.3 is 0 Å². The van der Waals surface area contributed by atoms with Crippen LogP contribution in [-0.4, -0.2) is 9.55 Å². The molecule has 6 heteroatoms. The SMILES string of the molecule is O=c1c2scc(-c3ccc(Br)cc3)c2ncn1Cc1cccc(F)c1. The van der Waals surface area contributed by atoms with Crippen LogP contribution in [0.3, 0.4) is 0 Å². The van der Waals surface area contributed by atoms with Crippen molar-refractivity contribution in [3.05, 3.63) is 86.4 Å². The van der Waals surface area contributed by atoms with Crippen molar-refractivity contribution < 1.29 is 4.39 Å². The van der Waals surface area contributed by atoms with Gasteiger partial charge in [0.15, 0.2) is 0 Å². The Bertz CT molecular complexity index is 1120. The predicted octanol–water partition coefficient (Wildman–Crippen LogP) is 5.07.